The van der Waals surface area contributed by atoms with Crippen LogP contribution < -0.4 is 5.32 Å². The lowest BCUT2D eigenvalue weighted by molar-refractivity contribution is -0.146. The van der Waals surface area contributed by atoms with Gasteiger partial charge in [-0.15, -0.1) is 0 Å². The minimum Gasteiger partial charge on any atom is -0.465 e. The van der Waals surface area contributed by atoms with Gasteiger partial charge < -0.3 is 19.5 Å². The Morgan fingerprint density at radius 1 is 1.22 bits per heavy atom. The molecule has 0 bridgehead atoms. The number of carbonyl (C=O) groups is 1. The van der Waals surface area contributed by atoms with E-state index in [-0.39, 0.29) is 18.1 Å². The van der Waals surface area contributed by atoms with Crippen molar-refractivity contribution in [3.05, 3.63) is 0 Å². The summed E-state index contributed by atoms with van der Waals surface area (Å²) in [5.74, 6) is -0.202. The first-order valence-electron chi connectivity index (χ1n) is 6.61. The van der Waals surface area contributed by atoms with Gasteiger partial charge in [-0.1, -0.05) is 13.8 Å². The van der Waals surface area contributed by atoms with Crippen molar-refractivity contribution in [2.24, 2.45) is 0 Å². The zero-order chi connectivity index (χ0) is 13.8. The SMILES string of the molecule is CCOC(=O)C(CCOCCCOC)NC(C)C. The van der Waals surface area contributed by atoms with E-state index in [1.165, 1.54) is 0 Å². The molecule has 0 aromatic carbocycles. The van der Waals surface area contributed by atoms with Crippen molar-refractivity contribution >= 4 is 5.97 Å². The molecule has 0 aromatic rings. The van der Waals surface area contributed by atoms with Crippen LogP contribution in [0, 0.1) is 0 Å². The minimum atomic E-state index is -0.285. The molecule has 0 radical (unpaired) electrons. The third-order valence-electron chi connectivity index (χ3n) is 2.29. The number of nitrogens with one attached hydrogen (secondary N) is 1. The maximum Gasteiger partial charge on any atom is 0.323 e. The second-order valence-electron chi connectivity index (χ2n) is 4.37. The Morgan fingerprint density at radius 3 is 2.50 bits per heavy atom. The molecule has 0 aliphatic heterocycles. The third kappa shape index (κ3) is 9.39. The first-order chi connectivity index (χ1) is 8.61. The van der Waals surface area contributed by atoms with Gasteiger partial charge in [0.05, 0.1) is 6.61 Å². The van der Waals surface area contributed by atoms with Crippen LogP contribution in [0.25, 0.3) is 0 Å². The summed E-state index contributed by atoms with van der Waals surface area (Å²) in [4.78, 5) is 11.7. The Labute approximate surface area is 110 Å². The Kier molecular flexibility index (Phi) is 11.0. The summed E-state index contributed by atoms with van der Waals surface area (Å²) < 4.78 is 15.4. The molecule has 0 fully saturated rings. The van der Waals surface area contributed by atoms with Crippen molar-refractivity contribution in [2.75, 3.05) is 33.5 Å². The minimum absolute atomic E-state index is 0.202. The van der Waals surface area contributed by atoms with E-state index in [1.807, 2.05) is 20.8 Å². The Bertz CT molecular complexity index is 209. The van der Waals surface area contributed by atoms with Crippen LogP contribution in [0.1, 0.15) is 33.6 Å². The average Bonchev–Trinajstić information content (AvgIpc) is 2.32. The zero-order valence-electron chi connectivity index (χ0n) is 12.0. The molecule has 0 aliphatic rings. The number of esters is 1. The molecule has 0 rings (SSSR count). The predicted octanol–water partition coefficient (Wildman–Crippen LogP) is 1.36. The maximum atomic E-state index is 11.7. The second-order valence-corrected chi connectivity index (χ2v) is 4.37. The molecular formula is C13H27NO4. The van der Waals surface area contributed by atoms with Gasteiger partial charge in [0, 0.05) is 33.0 Å². The highest BCUT2D eigenvalue weighted by Crippen LogP contribution is 1.99. The highest BCUT2D eigenvalue weighted by Gasteiger charge is 2.19. The van der Waals surface area contributed by atoms with Crippen molar-refractivity contribution in [3.8, 4) is 0 Å². The van der Waals surface area contributed by atoms with Gasteiger partial charge in [0.25, 0.3) is 0 Å². The molecule has 0 aliphatic carbocycles. The number of ether oxygens (including phenoxy) is 3. The van der Waals surface area contributed by atoms with Gasteiger partial charge in [-0.25, -0.2) is 0 Å². The molecule has 5 heteroatoms. The molecule has 0 heterocycles. The van der Waals surface area contributed by atoms with Crippen molar-refractivity contribution in [2.45, 2.75) is 45.7 Å². The normalized spacial score (nSPS) is 12.7. The number of hydrogen-bond acceptors (Lipinski definition) is 5. The average molecular weight is 261 g/mol. The number of rotatable bonds is 11. The largest absolute Gasteiger partial charge is 0.465 e. The van der Waals surface area contributed by atoms with E-state index in [1.54, 1.807) is 7.11 Å². The molecule has 0 saturated heterocycles. The standard InChI is InChI=1S/C13H27NO4/c1-5-18-13(15)12(14-11(2)3)7-10-17-9-6-8-16-4/h11-12,14H,5-10H2,1-4H3. The van der Waals surface area contributed by atoms with E-state index in [2.05, 4.69) is 5.32 Å². The first kappa shape index (κ1) is 17.4. The summed E-state index contributed by atoms with van der Waals surface area (Å²) in [6.45, 7) is 8.14. The molecule has 108 valence electrons. The summed E-state index contributed by atoms with van der Waals surface area (Å²) in [7, 11) is 1.67. The van der Waals surface area contributed by atoms with E-state index in [0.29, 0.717) is 32.8 Å². The lowest BCUT2D eigenvalue weighted by atomic mass is 10.2. The van der Waals surface area contributed by atoms with Crippen molar-refractivity contribution < 1.29 is 19.0 Å². The van der Waals surface area contributed by atoms with E-state index < -0.39 is 0 Å². The third-order valence-corrected chi connectivity index (χ3v) is 2.29. The molecule has 0 spiro atoms. The van der Waals surface area contributed by atoms with Crippen LogP contribution in [-0.2, 0) is 19.0 Å². The van der Waals surface area contributed by atoms with Crippen LogP contribution in [0.15, 0.2) is 0 Å². The molecular weight excluding hydrogens is 234 g/mol. The lowest BCUT2D eigenvalue weighted by Crippen LogP contribution is -2.42. The van der Waals surface area contributed by atoms with Gasteiger partial charge in [0.1, 0.15) is 6.04 Å². The summed E-state index contributed by atoms with van der Waals surface area (Å²) in [5, 5.41) is 3.19. The molecule has 5 nitrogen and oxygen atoms in total. The summed E-state index contributed by atoms with van der Waals surface area (Å²) in [5.41, 5.74) is 0. The fourth-order valence-electron chi connectivity index (χ4n) is 1.52. The van der Waals surface area contributed by atoms with Crippen LogP contribution >= 0.6 is 0 Å². The Hall–Kier alpha value is -0.650. The number of hydrogen-bond donors (Lipinski definition) is 1. The van der Waals surface area contributed by atoms with Crippen LogP contribution in [0.3, 0.4) is 0 Å². The van der Waals surface area contributed by atoms with Gasteiger partial charge >= 0.3 is 5.97 Å². The highest BCUT2D eigenvalue weighted by molar-refractivity contribution is 5.75. The molecule has 0 saturated carbocycles. The number of methoxy groups -OCH3 is 1. The summed E-state index contributed by atoms with van der Waals surface area (Å²) >= 11 is 0. The molecule has 0 amide bonds. The van der Waals surface area contributed by atoms with Crippen LogP contribution in [0.4, 0.5) is 0 Å². The van der Waals surface area contributed by atoms with Crippen molar-refractivity contribution in [3.63, 3.8) is 0 Å². The van der Waals surface area contributed by atoms with Crippen LogP contribution in [0.5, 0.6) is 0 Å². The van der Waals surface area contributed by atoms with Crippen LogP contribution in [-0.4, -0.2) is 51.6 Å². The van der Waals surface area contributed by atoms with E-state index in [0.717, 1.165) is 6.42 Å². The van der Waals surface area contributed by atoms with Gasteiger partial charge in [-0.2, -0.15) is 0 Å². The Balaban J connectivity index is 3.82. The smallest absolute Gasteiger partial charge is 0.323 e. The molecule has 18 heavy (non-hydrogen) atoms. The molecule has 0 aromatic heterocycles. The van der Waals surface area contributed by atoms with E-state index in [4.69, 9.17) is 14.2 Å². The van der Waals surface area contributed by atoms with Gasteiger partial charge in [-0.05, 0) is 19.8 Å². The lowest BCUT2D eigenvalue weighted by Gasteiger charge is -2.19. The van der Waals surface area contributed by atoms with Gasteiger partial charge in [-0.3, -0.25) is 4.79 Å². The van der Waals surface area contributed by atoms with Crippen molar-refractivity contribution in [1.29, 1.82) is 0 Å². The molecule has 1 N–H and O–H groups in total. The van der Waals surface area contributed by atoms with Crippen molar-refractivity contribution in [1.82, 2.24) is 5.32 Å². The Morgan fingerprint density at radius 2 is 1.94 bits per heavy atom. The van der Waals surface area contributed by atoms with E-state index in [9.17, 15) is 4.79 Å². The van der Waals surface area contributed by atoms with Gasteiger partial charge in [0.2, 0.25) is 0 Å². The highest BCUT2D eigenvalue weighted by atomic mass is 16.5. The van der Waals surface area contributed by atoms with Gasteiger partial charge in [0.15, 0.2) is 0 Å². The zero-order valence-corrected chi connectivity index (χ0v) is 12.0. The maximum absolute atomic E-state index is 11.7. The summed E-state index contributed by atoms with van der Waals surface area (Å²) in [6.07, 6.45) is 1.50. The number of carbonyl (C=O) groups excluding carboxylic acids is 1. The molecule has 1 atom stereocenters. The second kappa shape index (κ2) is 11.4. The van der Waals surface area contributed by atoms with E-state index >= 15 is 0 Å². The quantitative estimate of drug-likeness (QED) is 0.449. The topological polar surface area (TPSA) is 56.8 Å². The fourth-order valence-corrected chi connectivity index (χ4v) is 1.52. The predicted molar refractivity (Wildman–Crippen MR) is 70.6 cm³/mol. The first-order valence-corrected chi connectivity index (χ1v) is 6.61. The fraction of sp³-hybridized carbons (Fsp3) is 0.923. The summed E-state index contributed by atoms with van der Waals surface area (Å²) in [6, 6.07) is -0.0414. The monoisotopic (exact) mass is 261 g/mol. The van der Waals surface area contributed by atoms with Crippen LogP contribution in [0.2, 0.25) is 0 Å². The molecule has 1 unspecified atom stereocenters.